The van der Waals surface area contributed by atoms with Gasteiger partial charge in [-0.15, -0.1) is 0 Å². The molecule has 0 aliphatic carbocycles. The van der Waals surface area contributed by atoms with Gasteiger partial charge in [-0.25, -0.2) is 9.78 Å². The monoisotopic (exact) mass is 246 g/mol. The van der Waals surface area contributed by atoms with E-state index in [4.69, 9.17) is 5.11 Å². The first kappa shape index (κ1) is 12.1. The largest absolute Gasteiger partial charge is 0.478 e. The Bertz CT molecular complexity index is 565. The second-order valence-corrected chi connectivity index (χ2v) is 4.01. The van der Waals surface area contributed by atoms with Crippen LogP contribution >= 0.6 is 0 Å². The Hall–Kier alpha value is -2.37. The van der Waals surface area contributed by atoms with Gasteiger partial charge in [-0.1, -0.05) is 0 Å². The highest BCUT2D eigenvalue weighted by Crippen LogP contribution is 2.19. The van der Waals surface area contributed by atoms with E-state index in [1.54, 1.807) is 18.5 Å². The number of hydrogen-bond donors (Lipinski definition) is 1. The number of aryl methyl sites for hydroxylation is 1. The second-order valence-electron chi connectivity index (χ2n) is 4.01. The molecule has 0 aromatic carbocycles. The van der Waals surface area contributed by atoms with E-state index in [1.165, 1.54) is 6.20 Å². The number of pyridine rings is 1. The normalized spacial score (nSPS) is 10.3. The molecule has 0 fully saturated rings. The number of imidazole rings is 1. The van der Waals surface area contributed by atoms with Crippen LogP contribution in [-0.4, -0.2) is 32.7 Å². The van der Waals surface area contributed by atoms with Crippen molar-refractivity contribution in [2.75, 3.05) is 11.9 Å². The second kappa shape index (κ2) is 4.87. The van der Waals surface area contributed by atoms with E-state index in [1.807, 2.05) is 29.8 Å². The minimum Gasteiger partial charge on any atom is -0.478 e. The lowest BCUT2D eigenvalue weighted by molar-refractivity contribution is 0.0697. The Balaban J connectivity index is 2.26. The van der Waals surface area contributed by atoms with Gasteiger partial charge < -0.3 is 14.6 Å². The maximum atomic E-state index is 11.1. The van der Waals surface area contributed by atoms with Gasteiger partial charge in [-0.2, -0.15) is 0 Å². The van der Waals surface area contributed by atoms with Crippen molar-refractivity contribution in [3.05, 3.63) is 42.2 Å². The zero-order valence-electron chi connectivity index (χ0n) is 10.2. The molecule has 0 spiro atoms. The molecular weight excluding hydrogens is 232 g/mol. The third-order valence-electron chi connectivity index (χ3n) is 2.74. The van der Waals surface area contributed by atoms with Gasteiger partial charge in [0.2, 0.25) is 0 Å². The minimum atomic E-state index is -0.982. The number of aromatic carboxylic acids is 1. The van der Waals surface area contributed by atoms with E-state index in [9.17, 15) is 4.79 Å². The first-order chi connectivity index (χ1) is 8.59. The van der Waals surface area contributed by atoms with Crippen LogP contribution in [0.3, 0.4) is 0 Å². The van der Waals surface area contributed by atoms with Gasteiger partial charge in [0.15, 0.2) is 0 Å². The number of hydrogen-bond acceptors (Lipinski definition) is 4. The van der Waals surface area contributed by atoms with Crippen molar-refractivity contribution in [1.29, 1.82) is 0 Å². The van der Waals surface area contributed by atoms with Crippen molar-refractivity contribution < 1.29 is 9.90 Å². The molecule has 0 saturated heterocycles. The molecule has 2 rings (SSSR count). The summed E-state index contributed by atoms with van der Waals surface area (Å²) in [5.41, 5.74) is 0.815. The summed E-state index contributed by atoms with van der Waals surface area (Å²) in [5, 5.41) is 9.11. The van der Waals surface area contributed by atoms with Crippen molar-refractivity contribution in [3.8, 4) is 0 Å². The van der Waals surface area contributed by atoms with Crippen molar-refractivity contribution in [1.82, 2.24) is 14.5 Å². The topological polar surface area (TPSA) is 71.2 Å². The van der Waals surface area contributed by atoms with Crippen molar-refractivity contribution in [2.24, 2.45) is 7.05 Å². The molecule has 2 aromatic rings. The lowest BCUT2D eigenvalue weighted by atomic mass is 10.2. The van der Waals surface area contributed by atoms with E-state index in [0.717, 1.165) is 5.82 Å². The predicted octanol–water partition coefficient (Wildman–Crippen LogP) is 1.15. The van der Waals surface area contributed by atoms with Crippen LogP contribution in [0.4, 0.5) is 5.69 Å². The van der Waals surface area contributed by atoms with E-state index >= 15 is 0 Å². The van der Waals surface area contributed by atoms with Gasteiger partial charge in [0.1, 0.15) is 11.4 Å². The lowest BCUT2D eigenvalue weighted by Crippen LogP contribution is -2.21. The van der Waals surface area contributed by atoms with Gasteiger partial charge in [-0.3, -0.25) is 4.98 Å². The van der Waals surface area contributed by atoms with Gasteiger partial charge in [-0.05, 0) is 6.07 Å². The highest BCUT2D eigenvalue weighted by atomic mass is 16.4. The average Bonchev–Trinajstić information content (AvgIpc) is 2.75. The van der Waals surface area contributed by atoms with Crippen LogP contribution in [0.5, 0.6) is 0 Å². The molecule has 0 atom stereocenters. The molecule has 0 radical (unpaired) electrons. The number of nitrogens with zero attached hydrogens (tertiary/aromatic N) is 4. The van der Waals surface area contributed by atoms with Gasteiger partial charge in [0.25, 0.3) is 0 Å². The Kier molecular flexibility index (Phi) is 3.27. The van der Waals surface area contributed by atoms with E-state index < -0.39 is 5.97 Å². The minimum absolute atomic E-state index is 0.189. The fourth-order valence-electron chi connectivity index (χ4n) is 1.73. The summed E-state index contributed by atoms with van der Waals surface area (Å²) in [4.78, 5) is 21.0. The smallest absolute Gasteiger partial charge is 0.339 e. The highest BCUT2D eigenvalue weighted by molar-refractivity contribution is 5.93. The number of carboxylic acids is 1. The molecule has 94 valence electrons. The number of carbonyl (C=O) groups is 1. The molecule has 2 aromatic heterocycles. The summed E-state index contributed by atoms with van der Waals surface area (Å²) in [6.45, 7) is 0.536. The van der Waals surface area contributed by atoms with E-state index in [2.05, 4.69) is 9.97 Å². The van der Waals surface area contributed by atoms with Gasteiger partial charge in [0, 0.05) is 38.9 Å². The molecule has 0 aliphatic heterocycles. The number of aromatic nitrogens is 3. The predicted molar refractivity (Wildman–Crippen MR) is 66.5 cm³/mol. The maximum Gasteiger partial charge on any atom is 0.339 e. The number of rotatable bonds is 4. The first-order valence-electron chi connectivity index (χ1n) is 5.44. The molecule has 6 nitrogen and oxygen atoms in total. The fourth-order valence-corrected chi connectivity index (χ4v) is 1.73. The average molecular weight is 246 g/mol. The summed E-state index contributed by atoms with van der Waals surface area (Å²) in [5.74, 6) is -0.115. The van der Waals surface area contributed by atoms with Crippen LogP contribution in [-0.2, 0) is 13.6 Å². The number of anilines is 1. The quantitative estimate of drug-likeness (QED) is 0.876. The standard InChI is InChI=1S/C12H14N4O2/c1-15-6-5-14-11(15)8-16(2)10-3-4-13-7-9(10)12(17)18/h3-7H,8H2,1-2H3,(H,17,18). The summed E-state index contributed by atoms with van der Waals surface area (Å²) in [7, 11) is 3.73. The maximum absolute atomic E-state index is 11.1. The van der Waals surface area contributed by atoms with Crippen molar-refractivity contribution in [3.63, 3.8) is 0 Å². The molecule has 1 N–H and O–H groups in total. The zero-order chi connectivity index (χ0) is 13.1. The third kappa shape index (κ3) is 2.32. The Morgan fingerprint density at radius 2 is 2.28 bits per heavy atom. The summed E-state index contributed by atoms with van der Waals surface area (Å²) >= 11 is 0. The summed E-state index contributed by atoms with van der Waals surface area (Å²) in [6.07, 6.45) is 6.50. The third-order valence-corrected chi connectivity index (χ3v) is 2.74. The van der Waals surface area contributed by atoms with Crippen LogP contribution in [0.2, 0.25) is 0 Å². The molecule has 6 heteroatoms. The van der Waals surface area contributed by atoms with Crippen LogP contribution in [0.15, 0.2) is 30.9 Å². The highest BCUT2D eigenvalue weighted by Gasteiger charge is 2.14. The molecule has 0 saturated carbocycles. The Morgan fingerprint density at radius 1 is 1.50 bits per heavy atom. The SMILES string of the molecule is CN(Cc1nccn1C)c1ccncc1C(=O)O. The molecule has 0 aliphatic rings. The van der Waals surface area contributed by atoms with Crippen molar-refractivity contribution in [2.45, 2.75) is 6.54 Å². The molecule has 0 bridgehead atoms. The van der Waals surface area contributed by atoms with E-state index in [-0.39, 0.29) is 5.56 Å². The lowest BCUT2D eigenvalue weighted by Gasteiger charge is -2.20. The van der Waals surface area contributed by atoms with Gasteiger partial charge in [0.05, 0.1) is 12.2 Å². The first-order valence-corrected chi connectivity index (χ1v) is 5.44. The molecule has 0 unspecified atom stereocenters. The summed E-state index contributed by atoms with van der Waals surface area (Å²) in [6, 6.07) is 1.69. The Morgan fingerprint density at radius 3 is 2.89 bits per heavy atom. The van der Waals surface area contributed by atoms with Crippen LogP contribution in [0, 0.1) is 0 Å². The fraction of sp³-hybridized carbons (Fsp3) is 0.250. The Labute approximate surface area is 105 Å². The molecule has 0 amide bonds. The molecule has 18 heavy (non-hydrogen) atoms. The number of carboxylic acid groups (broad SMARTS) is 1. The zero-order valence-corrected chi connectivity index (χ0v) is 10.2. The van der Waals surface area contributed by atoms with Gasteiger partial charge >= 0.3 is 5.97 Å². The van der Waals surface area contributed by atoms with Crippen LogP contribution in [0.25, 0.3) is 0 Å². The molecular formula is C12H14N4O2. The van der Waals surface area contributed by atoms with Crippen LogP contribution in [0.1, 0.15) is 16.2 Å². The van der Waals surface area contributed by atoms with E-state index in [0.29, 0.717) is 12.2 Å². The molecule has 2 heterocycles. The summed E-state index contributed by atoms with van der Waals surface area (Å²) < 4.78 is 1.90. The van der Waals surface area contributed by atoms with Crippen LogP contribution < -0.4 is 4.90 Å². The van der Waals surface area contributed by atoms with Crippen molar-refractivity contribution >= 4 is 11.7 Å².